The summed E-state index contributed by atoms with van der Waals surface area (Å²) >= 11 is 0. The minimum absolute atomic E-state index is 0.551. The minimum atomic E-state index is 0.551. The van der Waals surface area contributed by atoms with Crippen molar-refractivity contribution in [2.75, 3.05) is 25.4 Å². The van der Waals surface area contributed by atoms with Crippen LogP contribution in [-0.2, 0) is 0 Å². The maximum atomic E-state index is 5.64. The van der Waals surface area contributed by atoms with Crippen molar-refractivity contribution in [2.24, 2.45) is 0 Å². The Kier molecular flexibility index (Phi) is 2.72. The lowest BCUT2D eigenvalue weighted by Gasteiger charge is -2.30. The number of anilines is 1. The lowest BCUT2D eigenvalue weighted by Crippen LogP contribution is -2.34. The molecule has 78 valence electrons. The van der Waals surface area contributed by atoms with Gasteiger partial charge in [-0.3, -0.25) is 4.68 Å². The van der Waals surface area contributed by atoms with Crippen LogP contribution >= 0.6 is 0 Å². The molecule has 0 aliphatic carbocycles. The van der Waals surface area contributed by atoms with Crippen LogP contribution < -0.4 is 5.73 Å². The molecule has 0 unspecified atom stereocenters. The molecule has 2 heterocycles. The number of nitrogens with zero attached hydrogens (tertiary/aromatic N) is 3. The van der Waals surface area contributed by atoms with Crippen molar-refractivity contribution in [1.82, 2.24) is 14.7 Å². The molecule has 0 saturated carbocycles. The largest absolute Gasteiger partial charge is 0.396 e. The van der Waals surface area contributed by atoms with Crippen molar-refractivity contribution in [3.63, 3.8) is 0 Å². The maximum Gasteiger partial charge on any atom is 0.0719 e. The van der Waals surface area contributed by atoms with Gasteiger partial charge >= 0.3 is 0 Å². The second-order valence-electron chi connectivity index (χ2n) is 3.92. The highest BCUT2D eigenvalue weighted by Gasteiger charge is 2.19. The van der Waals surface area contributed by atoms with Gasteiger partial charge in [-0.1, -0.05) is 6.92 Å². The molecule has 0 radical (unpaired) electrons. The molecule has 1 aliphatic rings. The van der Waals surface area contributed by atoms with Gasteiger partial charge in [0.05, 0.1) is 17.9 Å². The molecule has 0 aromatic carbocycles. The molecule has 4 heteroatoms. The zero-order valence-electron chi connectivity index (χ0n) is 8.69. The third-order valence-electron chi connectivity index (χ3n) is 3.00. The quantitative estimate of drug-likeness (QED) is 0.767. The zero-order valence-corrected chi connectivity index (χ0v) is 8.69. The number of nitrogen functional groups attached to an aromatic ring is 1. The first kappa shape index (κ1) is 9.52. The van der Waals surface area contributed by atoms with E-state index in [2.05, 4.69) is 16.9 Å². The van der Waals surface area contributed by atoms with Gasteiger partial charge in [0.1, 0.15) is 0 Å². The minimum Gasteiger partial charge on any atom is -0.396 e. The van der Waals surface area contributed by atoms with Gasteiger partial charge in [0, 0.05) is 19.3 Å². The Bertz CT molecular complexity index is 286. The standard InChI is InChI=1S/C10H18N4/c1-2-13-5-3-10(4-6-13)14-8-9(11)7-12-14/h7-8,10H,2-6,11H2,1H3. The summed E-state index contributed by atoms with van der Waals surface area (Å²) in [6.45, 7) is 5.74. The average molecular weight is 194 g/mol. The van der Waals surface area contributed by atoms with Crippen LogP contribution in [0.4, 0.5) is 5.69 Å². The Morgan fingerprint density at radius 2 is 2.21 bits per heavy atom. The van der Waals surface area contributed by atoms with E-state index in [1.807, 2.05) is 10.9 Å². The highest BCUT2D eigenvalue weighted by atomic mass is 15.3. The van der Waals surface area contributed by atoms with Crippen LogP contribution in [0.25, 0.3) is 0 Å². The number of nitrogens with two attached hydrogens (primary N) is 1. The number of hydrogen-bond donors (Lipinski definition) is 1. The summed E-state index contributed by atoms with van der Waals surface area (Å²) in [7, 11) is 0. The van der Waals surface area contributed by atoms with Gasteiger partial charge < -0.3 is 10.6 Å². The van der Waals surface area contributed by atoms with Gasteiger partial charge in [0.2, 0.25) is 0 Å². The van der Waals surface area contributed by atoms with E-state index in [0.717, 1.165) is 12.2 Å². The molecule has 1 aromatic rings. The van der Waals surface area contributed by atoms with Gasteiger partial charge in [-0.25, -0.2) is 0 Å². The van der Waals surface area contributed by atoms with Crippen molar-refractivity contribution in [3.05, 3.63) is 12.4 Å². The average Bonchev–Trinajstić information content (AvgIpc) is 2.65. The van der Waals surface area contributed by atoms with Crippen LogP contribution in [0.1, 0.15) is 25.8 Å². The summed E-state index contributed by atoms with van der Waals surface area (Å²) in [5, 5.41) is 4.26. The van der Waals surface area contributed by atoms with Crippen molar-refractivity contribution >= 4 is 5.69 Å². The van der Waals surface area contributed by atoms with E-state index in [0.29, 0.717) is 6.04 Å². The van der Waals surface area contributed by atoms with Gasteiger partial charge in [-0.15, -0.1) is 0 Å². The van der Waals surface area contributed by atoms with Gasteiger partial charge in [0.25, 0.3) is 0 Å². The van der Waals surface area contributed by atoms with Crippen LogP contribution in [0, 0.1) is 0 Å². The molecule has 0 atom stereocenters. The van der Waals surface area contributed by atoms with Crippen molar-refractivity contribution in [3.8, 4) is 0 Å². The number of aromatic nitrogens is 2. The van der Waals surface area contributed by atoms with Gasteiger partial charge in [-0.05, 0) is 19.4 Å². The van der Waals surface area contributed by atoms with Crippen LogP contribution in [0.5, 0.6) is 0 Å². The van der Waals surface area contributed by atoms with E-state index in [1.54, 1.807) is 6.20 Å². The van der Waals surface area contributed by atoms with Crippen LogP contribution in [0.3, 0.4) is 0 Å². The normalized spacial score (nSPS) is 20.1. The first-order valence-corrected chi connectivity index (χ1v) is 5.31. The molecule has 1 fully saturated rings. The summed E-state index contributed by atoms with van der Waals surface area (Å²) in [6, 6.07) is 0.551. The van der Waals surface area contributed by atoms with Gasteiger partial charge in [0.15, 0.2) is 0 Å². The molecule has 2 N–H and O–H groups in total. The molecule has 2 rings (SSSR count). The number of piperidine rings is 1. The third kappa shape index (κ3) is 1.90. The molecular formula is C10H18N4. The Balaban J connectivity index is 1.95. The first-order chi connectivity index (χ1) is 6.79. The molecular weight excluding hydrogens is 176 g/mol. The summed E-state index contributed by atoms with van der Waals surface area (Å²) in [6.07, 6.45) is 6.04. The van der Waals surface area contributed by atoms with E-state index in [9.17, 15) is 0 Å². The number of hydrogen-bond acceptors (Lipinski definition) is 3. The second-order valence-corrected chi connectivity index (χ2v) is 3.92. The fourth-order valence-corrected chi connectivity index (χ4v) is 2.05. The van der Waals surface area contributed by atoms with Crippen molar-refractivity contribution in [2.45, 2.75) is 25.8 Å². The molecule has 1 aromatic heterocycles. The number of rotatable bonds is 2. The lowest BCUT2D eigenvalue weighted by atomic mass is 10.1. The number of likely N-dealkylation sites (tertiary alicyclic amines) is 1. The van der Waals surface area contributed by atoms with Crippen molar-refractivity contribution < 1.29 is 0 Å². The van der Waals surface area contributed by atoms with E-state index in [-0.39, 0.29) is 0 Å². The summed E-state index contributed by atoms with van der Waals surface area (Å²) in [4.78, 5) is 2.48. The summed E-state index contributed by atoms with van der Waals surface area (Å²) in [5.41, 5.74) is 6.41. The third-order valence-corrected chi connectivity index (χ3v) is 3.00. The fourth-order valence-electron chi connectivity index (χ4n) is 2.05. The molecule has 1 aliphatic heterocycles. The SMILES string of the molecule is CCN1CCC(n2cc(N)cn2)CC1. The Hall–Kier alpha value is -1.03. The molecule has 1 saturated heterocycles. The Labute approximate surface area is 84.7 Å². The summed E-state index contributed by atoms with van der Waals surface area (Å²) < 4.78 is 2.02. The monoisotopic (exact) mass is 194 g/mol. The van der Waals surface area contributed by atoms with Crippen LogP contribution in [-0.4, -0.2) is 34.3 Å². The lowest BCUT2D eigenvalue weighted by molar-refractivity contribution is 0.187. The maximum absolute atomic E-state index is 5.64. The molecule has 0 spiro atoms. The fraction of sp³-hybridized carbons (Fsp3) is 0.700. The second kappa shape index (κ2) is 4.00. The Morgan fingerprint density at radius 3 is 2.71 bits per heavy atom. The van der Waals surface area contributed by atoms with E-state index < -0.39 is 0 Å². The molecule has 0 amide bonds. The molecule has 0 bridgehead atoms. The molecule has 14 heavy (non-hydrogen) atoms. The highest BCUT2D eigenvalue weighted by Crippen LogP contribution is 2.21. The predicted octanol–water partition coefficient (Wildman–Crippen LogP) is 1.12. The topological polar surface area (TPSA) is 47.1 Å². The van der Waals surface area contributed by atoms with Crippen LogP contribution in [0.2, 0.25) is 0 Å². The zero-order chi connectivity index (χ0) is 9.97. The van der Waals surface area contributed by atoms with Gasteiger partial charge in [-0.2, -0.15) is 5.10 Å². The summed E-state index contributed by atoms with van der Waals surface area (Å²) in [5.74, 6) is 0. The van der Waals surface area contributed by atoms with Crippen molar-refractivity contribution in [1.29, 1.82) is 0 Å². The highest BCUT2D eigenvalue weighted by molar-refractivity contribution is 5.30. The van der Waals surface area contributed by atoms with E-state index >= 15 is 0 Å². The first-order valence-electron chi connectivity index (χ1n) is 5.31. The van der Waals surface area contributed by atoms with E-state index in [1.165, 1.54) is 25.9 Å². The smallest absolute Gasteiger partial charge is 0.0719 e. The Morgan fingerprint density at radius 1 is 1.50 bits per heavy atom. The predicted molar refractivity (Wildman–Crippen MR) is 57.0 cm³/mol. The molecule has 4 nitrogen and oxygen atoms in total. The van der Waals surface area contributed by atoms with Crippen LogP contribution in [0.15, 0.2) is 12.4 Å². The van der Waals surface area contributed by atoms with E-state index in [4.69, 9.17) is 5.73 Å².